The average molecular weight is 390 g/mol. The molecule has 0 aliphatic heterocycles. The summed E-state index contributed by atoms with van der Waals surface area (Å²) >= 11 is 0. The molecule has 0 aliphatic carbocycles. The molecule has 2 aromatic carbocycles. The third-order valence-electron chi connectivity index (χ3n) is 3.88. The summed E-state index contributed by atoms with van der Waals surface area (Å²) in [6, 6.07) is 14.5. The van der Waals surface area contributed by atoms with Crippen molar-refractivity contribution in [2.45, 2.75) is 17.9 Å². The summed E-state index contributed by atoms with van der Waals surface area (Å²) in [5.74, 6) is -1.13. The number of nitrogens with one attached hydrogen (secondary N) is 1. The largest absolute Gasteiger partial charge is 0.452 e. The second-order valence-corrected chi connectivity index (χ2v) is 8.24. The standard InChI is InChI=1S/C19H22N2O5S/c1-14(15-7-5-4-6-8-15)20-18(22)13-26-19(23)16-9-11-17(12-10-16)27(24,25)21(2)3/h4-12,14H,13H2,1-3H3,(H,20,22). The predicted octanol–water partition coefficient (Wildman–Crippen LogP) is 1.97. The molecular weight excluding hydrogens is 368 g/mol. The summed E-state index contributed by atoms with van der Waals surface area (Å²) < 4.78 is 30.1. The van der Waals surface area contributed by atoms with Gasteiger partial charge in [-0.25, -0.2) is 17.5 Å². The number of hydrogen-bond donors (Lipinski definition) is 1. The Morgan fingerprint density at radius 2 is 1.63 bits per heavy atom. The van der Waals surface area contributed by atoms with Crippen LogP contribution in [0.3, 0.4) is 0 Å². The number of ether oxygens (including phenoxy) is 1. The third-order valence-corrected chi connectivity index (χ3v) is 5.71. The van der Waals surface area contributed by atoms with Crippen molar-refractivity contribution in [3.63, 3.8) is 0 Å². The van der Waals surface area contributed by atoms with Crippen molar-refractivity contribution in [1.82, 2.24) is 9.62 Å². The van der Waals surface area contributed by atoms with Crippen molar-refractivity contribution in [3.05, 3.63) is 65.7 Å². The van der Waals surface area contributed by atoms with Crippen LogP contribution in [0, 0.1) is 0 Å². The van der Waals surface area contributed by atoms with Gasteiger partial charge in [0, 0.05) is 14.1 Å². The SMILES string of the molecule is CC(NC(=O)COC(=O)c1ccc(S(=O)(=O)N(C)C)cc1)c1ccccc1. The summed E-state index contributed by atoms with van der Waals surface area (Å²) in [6.45, 7) is 1.41. The molecule has 0 spiro atoms. The fourth-order valence-electron chi connectivity index (χ4n) is 2.30. The minimum atomic E-state index is -3.57. The van der Waals surface area contributed by atoms with Crippen LogP contribution >= 0.6 is 0 Å². The number of amides is 1. The predicted molar refractivity (Wildman–Crippen MR) is 101 cm³/mol. The van der Waals surface area contributed by atoms with E-state index in [1.54, 1.807) is 0 Å². The van der Waals surface area contributed by atoms with Crippen LogP contribution < -0.4 is 5.32 Å². The third kappa shape index (κ3) is 5.38. The van der Waals surface area contributed by atoms with Crippen molar-refractivity contribution < 1.29 is 22.7 Å². The van der Waals surface area contributed by atoms with Gasteiger partial charge < -0.3 is 10.1 Å². The van der Waals surface area contributed by atoms with Gasteiger partial charge in [0.15, 0.2) is 6.61 Å². The second kappa shape index (κ2) is 8.79. The van der Waals surface area contributed by atoms with Crippen LogP contribution in [0.2, 0.25) is 0 Å². The second-order valence-electron chi connectivity index (χ2n) is 6.09. The molecule has 2 aromatic rings. The van der Waals surface area contributed by atoms with E-state index in [1.807, 2.05) is 37.3 Å². The zero-order valence-electron chi connectivity index (χ0n) is 15.4. The van der Waals surface area contributed by atoms with Crippen LogP contribution in [-0.4, -0.2) is 45.3 Å². The first-order valence-corrected chi connectivity index (χ1v) is 9.70. The lowest BCUT2D eigenvalue weighted by Crippen LogP contribution is -2.31. The van der Waals surface area contributed by atoms with Crippen molar-refractivity contribution in [3.8, 4) is 0 Å². The van der Waals surface area contributed by atoms with E-state index in [2.05, 4.69) is 5.32 Å². The molecule has 0 saturated carbocycles. The molecule has 0 aliphatic rings. The molecule has 8 heteroatoms. The number of esters is 1. The summed E-state index contributed by atoms with van der Waals surface area (Å²) in [5, 5.41) is 2.74. The monoisotopic (exact) mass is 390 g/mol. The lowest BCUT2D eigenvalue weighted by atomic mass is 10.1. The molecule has 7 nitrogen and oxygen atoms in total. The van der Waals surface area contributed by atoms with E-state index in [1.165, 1.54) is 38.4 Å². The Morgan fingerprint density at radius 1 is 1.04 bits per heavy atom. The first-order chi connectivity index (χ1) is 12.7. The smallest absolute Gasteiger partial charge is 0.338 e. The zero-order chi connectivity index (χ0) is 20.0. The molecular formula is C19H22N2O5S. The molecule has 1 atom stereocenters. The quantitative estimate of drug-likeness (QED) is 0.730. The Bertz CT molecular complexity index is 893. The summed E-state index contributed by atoms with van der Waals surface area (Å²) in [5.41, 5.74) is 1.10. The molecule has 1 amide bonds. The Hall–Kier alpha value is -2.71. The molecule has 0 saturated heterocycles. The van der Waals surface area contributed by atoms with Gasteiger partial charge in [-0.3, -0.25) is 4.79 Å². The van der Waals surface area contributed by atoms with E-state index >= 15 is 0 Å². The van der Waals surface area contributed by atoms with Crippen LogP contribution in [0.1, 0.15) is 28.9 Å². The molecule has 0 radical (unpaired) electrons. The topological polar surface area (TPSA) is 92.8 Å². The Balaban J connectivity index is 1.91. The molecule has 144 valence electrons. The van der Waals surface area contributed by atoms with Gasteiger partial charge in [0.1, 0.15) is 0 Å². The van der Waals surface area contributed by atoms with Crippen molar-refractivity contribution >= 4 is 21.9 Å². The van der Waals surface area contributed by atoms with E-state index < -0.39 is 28.5 Å². The fraction of sp³-hybridized carbons (Fsp3) is 0.263. The molecule has 2 rings (SSSR count). The minimum absolute atomic E-state index is 0.0680. The number of carbonyl (C=O) groups excluding carboxylic acids is 2. The van der Waals surface area contributed by atoms with E-state index in [9.17, 15) is 18.0 Å². The van der Waals surface area contributed by atoms with E-state index in [0.717, 1.165) is 9.87 Å². The van der Waals surface area contributed by atoms with Crippen molar-refractivity contribution in [1.29, 1.82) is 0 Å². The first kappa shape index (κ1) is 20.6. The molecule has 1 unspecified atom stereocenters. The van der Waals surface area contributed by atoms with Crippen molar-refractivity contribution in [2.75, 3.05) is 20.7 Å². The number of carbonyl (C=O) groups is 2. The van der Waals surface area contributed by atoms with E-state index in [4.69, 9.17) is 4.74 Å². The van der Waals surface area contributed by atoms with Gasteiger partial charge in [-0.1, -0.05) is 30.3 Å². The van der Waals surface area contributed by atoms with Gasteiger partial charge in [-0.05, 0) is 36.8 Å². The van der Waals surface area contributed by atoms with Crippen LogP contribution in [0.4, 0.5) is 0 Å². The molecule has 0 heterocycles. The van der Waals surface area contributed by atoms with Gasteiger partial charge in [0.05, 0.1) is 16.5 Å². The van der Waals surface area contributed by atoms with Gasteiger partial charge >= 0.3 is 5.97 Å². The zero-order valence-corrected chi connectivity index (χ0v) is 16.2. The van der Waals surface area contributed by atoms with Crippen LogP contribution in [0.5, 0.6) is 0 Å². The summed E-state index contributed by atoms with van der Waals surface area (Å²) in [4.78, 5) is 24.1. The van der Waals surface area contributed by atoms with Crippen molar-refractivity contribution in [2.24, 2.45) is 0 Å². The number of sulfonamides is 1. The highest BCUT2D eigenvalue weighted by Gasteiger charge is 2.18. The molecule has 27 heavy (non-hydrogen) atoms. The highest BCUT2D eigenvalue weighted by molar-refractivity contribution is 7.89. The van der Waals surface area contributed by atoms with Crippen LogP contribution in [0.15, 0.2) is 59.5 Å². The summed E-state index contributed by atoms with van der Waals surface area (Å²) in [6.07, 6.45) is 0. The lowest BCUT2D eigenvalue weighted by molar-refractivity contribution is -0.124. The van der Waals surface area contributed by atoms with Crippen LogP contribution in [0.25, 0.3) is 0 Å². The Kier molecular flexibility index (Phi) is 6.70. The average Bonchev–Trinajstić information content (AvgIpc) is 2.66. The highest BCUT2D eigenvalue weighted by atomic mass is 32.2. The maximum atomic E-state index is 12.0. The maximum absolute atomic E-state index is 12.0. The van der Waals surface area contributed by atoms with Gasteiger partial charge in [-0.2, -0.15) is 0 Å². The van der Waals surface area contributed by atoms with E-state index in [0.29, 0.717) is 0 Å². The normalized spacial score (nSPS) is 12.4. The summed E-state index contributed by atoms with van der Waals surface area (Å²) in [7, 11) is -0.721. The lowest BCUT2D eigenvalue weighted by Gasteiger charge is -2.14. The van der Waals surface area contributed by atoms with E-state index in [-0.39, 0.29) is 16.5 Å². The van der Waals surface area contributed by atoms with Gasteiger partial charge in [-0.15, -0.1) is 0 Å². The van der Waals surface area contributed by atoms with Gasteiger partial charge in [0.25, 0.3) is 5.91 Å². The Morgan fingerprint density at radius 3 is 2.19 bits per heavy atom. The first-order valence-electron chi connectivity index (χ1n) is 8.26. The highest BCUT2D eigenvalue weighted by Crippen LogP contribution is 2.15. The van der Waals surface area contributed by atoms with Gasteiger partial charge in [0.2, 0.25) is 10.0 Å². The number of hydrogen-bond acceptors (Lipinski definition) is 5. The molecule has 0 fully saturated rings. The molecule has 0 aromatic heterocycles. The Labute approximate surface area is 159 Å². The number of rotatable bonds is 7. The number of nitrogens with zero attached hydrogens (tertiary/aromatic N) is 1. The minimum Gasteiger partial charge on any atom is -0.452 e. The molecule has 1 N–H and O–H groups in total. The molecule has 0 bridgehead atoms. The fourth-order valence-corrected chi connectivity index (χ4v) is 3.20. The van der Waals surface area contributed by atoms with Crippen LogP contribution in [-0.2, 0) is 19.6 Å². The maximum Gasteiger partial charge on any atom is 0.338 e. The number of benzene rings is 2.